The van der Waals surface area contributed by atoms with E-state index in [4.69, 9.17) is 0 Å². The minimum absolute atomic E-state index is 1.09. The lowest BCUT2D eigenvalue weighted by Gasteiger charge is -1.93. The fourth-order valence-electron chi connectivity index (χ4n) is 0.619. The largest absolute Gasteiger partial charge is 0.118 e. The highest BCUT2D eigenvalue weighted by atomic mass is 79.9. The van der Waals surface area contributed by atoms with E-state index in [-0.39, 0.29) is 0 Å². The Kier molecular flexibility index (Phi) is 6.12. The molecule has 0 saturated carbocycles. The molecular weight excluding hydrogens is 176 g/mol. The molecule has 0 aliphatic heterocycles. The van der Waals surface area contributed by atoms with Crippen molar-refractivity contribution in [2.75, 3.05) is 0 Å². The Morgan fingerprint density at radius 2 is 2.22 bits per heavy atom. The lowest BCUT2D eigenvalue weighted by Crippen LogP contribution is -1.72. The van der Waals surface area contributed by atoms with Gasteiger partial charge < -0.3 is 0 Å². The molecule has 0 rings (SSSR count). The normalized spacial score (nSPS) is 8.67. The summed E-state index contributed by atoms with van der Waals surface area (Å²) in [5.74, 6) is 0. The average molecular weight is 189 g/mol. The molecule has 0 N–H and O–H groups in total. The molecule has 9 heavy (non-hydrogen) atoms. The first-order valence-corrected chi connectivity index (χ1v) is 4.15. The second-order valence-corrected chi connectivity index (χ2v) is 3.00. The van der Waals surface area contributed by atoms with E-state index in [0.29, 0.717) is 0 Å². The van der Waals surface area contributed by atoms with Crippen LogP contribution < -0.4 is 0 Å². The molecule has 0 atom stereocenters. The molecule has 0 amide bonds. The summed E-state index contributed by atoms with van der Waals surface area (Å²) in [6, 6.07) is 0. The monoisotopic (exact) mass is 188 g/mol. The minimum atomic E-state index is 1.09. The van der Waals surface area contributed by atoms with E-state index < -0.39 is 0 Å². The van der Waals surface area contributed by atoms with Gasteiger partial charge in [0.05, 0.1) is 0 Å². The van der Waals surface area contributed by atoms with Crippen LogP contribution in [0.15, 0.2) is 16.8 Å². The van der Waals surface area contributed by atoms with Gasteiger partial charge in [-0.15, -0.1) is 5.73 Å². The Hall–Kier alpha value is 0. The molecule has 0 aliphatic carbocycles. The fraction of sp³-hybridized carbons (Fsp3) is 0.625. The Morgan fingerprint density at radius 3 is 2.67 bits per heavy atom. The third-order valence-corrected chi connectivity index (χ3v) is 1.87. The maximum atomic E-state index is 3.53. The third kappa shape index (κ3) is 5.88. The number of halogens is 1. The van der Waals surface area contributed by atoms with E-state index in [2.05, 4.69) is 35.2 Å². The van der Waals surface area contributed by atoms with Gasteiger partial charge >= 0.3 is 0 Å². The van der Waals surface area contributed by atoms with Gasteiger partial charge in [0.1, 0.15) is 0 Å². The van der Waals surface area contributed by atoms with Gasteiger partial charge in [-0.2, -0.15) is 0 Å². The molecule has 0 radical (unpaired) electrons. The van der Waals surface area contributed by atoms with Gasteiger partial charge in [0.25, 0.3) is 0 Å². The van der Waals surface area contributed by atoms with Crippen LogP contribution in [0.5, 0.6) is 0 Å². The van der Waals surface area contributed by atoms with Crippen molar-refractivity contribution in [2.45, 2.75) is 32.6 Å². The van der Waals surface area contributed by atoms with Crippen LogP contribution in [0.1, 0.15) is 32.6 Å². The highest BCUT2D eigenvalue weighted by Crippen LogP contribution is 2.12. The van der Waals surface area contributed by atoms with Gasteiger partial charge in [-0.05, 0) is 28.8 Å². The maximum absolute atomic E-state index is 3.53. The summed E-state index contributed by atoms with van der Waals surface area (Å²) in [6.45, 7) is 5.73. The number of allylic oxidation sites excluding steroid dienone is 1. The van der Waals surface area contributed by atoms with Crippen LogP contribution in [0, 0.1) is 0 Å². The van der Waals surface area contributed by atoms with E-state index in [1.54, 1.807) is 0 Å². The zero-order chi connectivity index (χ0) is 7.11. The third-order valence-electron chi connectivity index (χ3n) is 1.19. The summed E-state index contributed by atoms with van der Waals surface area (Å²) in [7, 11) is 0. The fourth-order valence-corrected chi connectivity index (χ4v) is 0.899. The van der Waals surface area contributed by atoms with Crippen LogP contribution in [0.3, 0.4) is 0 Å². The zero-order valence-corrected chi connectivity index (χ0v) is 7.50. The average Bonchev–Trinajstić information content (AvgIpc) is 1.89. The molecular formula is C8H13Br. The lowest BCUT2D eigenvalue weighted by atomic mass is 10.2. The van der Waals surface area contributed by atoms with Crippen molar-refractivity contribution < 1.29 is 0 Å². The topological polar surface area (TPSA) is 0 Å². The van der Waals surface area contributed by atoms with E-state index in [0.717, 1.165) is 10.9 Å². The molecule has 0 unspecified atom stereocenters. The van der Waals surface area contributed by atoms with Crippen LogP contribution in [-0.2, 0) is 0 Å². The highest BCUT2D eigenvalue weighted by Gasteiger charge is 1.88. The first kappa shape index (κ1) is 9.00. The Labute approximate surface area is 65.8 Å². The second-order valence-electron chi connectivity index (χ2n) is 2.04. The summed E-state index contributed by atoms with van der Waals surface area (Å²) in [4.78, 5) is 0. The van der Waals surface area contributed by atoms with E-state index >= 15 is 0 Å². The molecule has 0 aliphatic rings. The number of hydrogen-bond acceptors (Lipinski definition) is 0. The SMILES string of the molecule is C=C=C(Br)CCCCC. The van der Waals surface area contributed by atoms with Gasteiger partial charge in [0.15, 0.2) is 0 Å². The molecule has 0 heterocycles. The first-order valence-electron chi connectivity index (χ1n) is 3.35. The number of hydrogen-bond donors (Lipinski definition) is 0. The highest BCUT2D eigenvalue weighted by molar-refractivity contribution is 9.11. The van der Waals surface area contributed by atoms with E-state index in [9.17, 15) is 0 Å². The predicted molar refractivity (Wildman–Crippen MR) is 45.7 cm³/mol. The molecule has 0 nitrogen and oxygen atoms in total. The Bertz CT molecular complexity index is 110. The summed E-state index contributed by atoms with van der Waals surface area (Å²) in [5.41, 5.74) is 2.81. The predicted octanol–water partition coefficient (Wildman–Crippen LogP) is 3.63. The minimum Gasteiger partial charge on any atom is -0.118 e. The van der Waals surface area contributed by atoms with Gasteiger partial charge in [0.2, 0.25) is 0 Å². The van der Waals surface area contributed by atoms with E-state index in [1.807, 2.05) is 0 Å². The molecule has 0 bridgehead atoms. The van der Waals surface area contributed by atoms with Crippen molar-refractivity contribution in [3.8, 4) is 0 Å². The summed E-state index contributed by atoms with van der Waals surface area (Å²) in [5, 5.41) is 0. The maximum Gasteiger partial charge on any atom is 0.0362 e. The van der Waals surface area contributed by atoms with Crippen molar-refractivity contribution in [1.29, 1.82) is 0 Å². The van der Waals surface area contributed by atoms with Crippen LogP contribution in [-0.4, -0.2) is 0 Å². The summed E-state index contributed by atoms with van der Waals surface area (Å²) >= 11 is 3.35. The standard InChI is InChI=1S/C8H13Br/c1-3-5-6-7-8(9)4-2/h2-3,5-7H2,1H3. The van der Waals surface area contributed by atoms with Crippen LogP contribution in [0.2, 0.25) is 0 Å². The lowest BCUT2D eigenvalue weighted by molar-refractivity contribution is 0.727. The molecule has 0 aromatic carbocycles. The van der Waals surface area contributed by atoms with Gasteiger partial charge in [-0.1, -0.05) is 26.3 Å². The van der Waals surface area contributed by atoms with Gasteiger partial charge in [-0.3, -0.25) is 0 Å². The van der Waals surface area contributed by atoms with Crippen molar-refractivity contribution in [3.63, 3.8) is 0 Å². The summed E-state index contributed by atoms with van der Waals surface area (Å²) in [6.07, 6.45) is 4.92. The second kappa shape index (κ2) is 6.12. The van der Waals surface area contributed by atoms with Crippen LogP contribution in [0.25, 0.3) is 0 Å². The Balaban J connectivity index is 3.17. The summed E-state index contributed by atoms with van der Waals surface area (Å²) < 4.78 is 1.11. The Morgan fingerprint density at radius 1 is 1.56 bits per heavy atom. The molecule has 52 valence electrons. The van der Waals surface area contributed by atoms with Crippen LogP contribution in [0.4, 0.5) is 0 Å². The number of unbranched alkanes of at least 4 members (excludes halogenated alkanes) is 2. The molecule has 0 fully saturated rings. The quantitative estimate of drug-likeness (QED) is 0.467. The van der Waals surface area contributed by atoms with Crippen molar-refractivity contribution in [1.82, 2.24) is 0 Å². The smallest absolute Gasteiger partial charge is 0.0362 e. The van der Waals surface area contributed by atoms with Crippen molar-refractivity contribution in [3.05, 3.63) is 16.8 Å². The molecule has 0 spiro atoms. The van der Waals surface area contributed by atoms with Crippen LogP contribution >= 0.6 is 15.9 Å². The first-order chi connectivity index (χ1) is 4.31. The molecule has 1 heteroatoms. The molecule has 0 saturated heterocycles. The molecule has 0 aromatic heterocycles. The van der Waals surface area contributed by atoms with Gasteiger partial charge in [0, 0.05) is 4.48 Å². The molecule has 0 aromatic rings. The zero-order valence-electron chi connectivity index (χ0n) is 5.91. The van der Waals surface area contributed by atoms with Gasteiger partial charge in [-0.25, -0.2) is 0 Å². The van der Waals surface area contributed by atoms with Crippen molar-refractivity contribution in [2.24, 2.45) is 0 Å². The number of rotatable bonds is 4. The van der Waals surface area contributed by atoms with Crippen molar-refractivity contribution >= 4 is 15.9 Å². The van der Waals surface area contributed by atoms with E-state index in [1.165, 1.54) is 19.3 Å².